The predicted molar refractivity (Wildman–Crippen MR) is 82.8 cm³/mol. The number of amides is 2. The second kappa shape index (κ2) is 7.31. The molecule has 0 radical (unpaired) electrons. The van der Waals surface area contributed by atoms with E-state index < -0.39 is 23.9 Å². The Kier molecular flexibility index (Phi) is 5.43. The van der Waals surface area contributed by atoms with Crippen LogP contribution >= 0.6 is 11.8 Å². The molecule has 118 valence electrons. The van der Waals surface area contributed by atoms with E-state index in [4.69, 9.17) is 4.74 Å². The molecular weight excluding hydrogens is 307 g/mol. The first-order valence-corrected chi connectivity index (χ1v) is 8.12. The molecule has 2 N–H and O–H groups in total. The molecule has 1 aliphatic rings. The van der Waals surface area contributed by atoms with E-state index in [0.717, 1.165) is 0 Å². The number of halogens is 1. The molecule has 0 saturated heterocycles. The Morgan fingerprint density at radius 3 is 2.91 bits per heavy atom. The highest BCUT2D eigenvalue weighted by Gasteiger charge is 2.32. The number of carbonyl (C=O) groups excluding carboxylic acids is 2. The van der Waals surface area contributed by atoms with Crippen LogP contribution in [0.2, 0.25) is 0 Å². The summed E-state index contributed by atoms with van der Waals surface area (Å²) in [6, 6.07) is 4.61. The number of ether oxygens (including phenoxy) is 1. The number of esters is 1. The fraction of sp³-hybridized carbons (Fsp3) is 0.333. The van der Waals surface area contributed by atoms with Gasteiger partial charge < -0.3 is 15.4 Å². The van der Waals surface area contributed by atoms with E-state index in [0.29, 0.717) is 17.0 Å². The highest BCUT2D eigenvalue weighted by Crippen LogP contribution is 2.27. The Morgan fingerprint density at radius 2 is 2.23 bits per heavy atom. The van der Waals surface area contributed by atoms with Crippen LogP contribution in [0.3, 0.4) is 0 Å². The minimum absolute atomic E-state index is 0.278. The fourth-order valence-corrected chi connectivity index (χ4v) is 2.45. The molecule has 5 nitrogen and oxygen atoms in total. The van der Waals surface area contributed by atoms with Gasteiger partial charge in [-0.05, 0) is 30.9 Å². The lowest BCUT2D eigenvalue weighted by Crippen LogP contribution is -2.45. The van der Waals surface area contributed by atoms with Gasteiger partial charge >= 0.3 is 12.0 Å². The first-order valence-electron chi connectivity index (χ1n) is 6.72. The van der Waals surface area contributed by atoms with Crippen LogP contribution in [-0.2, 0) is 9.53 Å². The third kappa shape index (κ3) is 3.79. The summed E-state index contributed by atoms with van der Waals surface area (Å²) in [5, 5.41) is 5.18. The van der Waals surface area contributed by atoms with E-state index in [2.05, 4.69) is 10.6 Å². The highest BCUT2D eigenvalue weighted by atomic mass is 32.2. The molecule has 2 rings (SSSR count). The maximum absolute atomic E-state index is 13.4. The monoisotopic (exact) mass is 324 g/mol. The quantitative estimate of drug-likeness (QED) is 0.644. The molecule has 1 atom stereocenters. The van der Waals surface area contributed by atoms with Crippen LogP contribution in [-0.4, -0.2) is 30.6 Å². The van der Waals surface area contributed by atoms with Gasteiger partial charge in [-0.2, -0.15) is 11.8 Å². The molecule has 22 heavy (non-hydrogen) atoms. The highest BCUT2D eigenvalue weighted by molar-refractivity contribution is 7.98. The summed E-state index contributed by atoms with van der Waals surface area (Å²) in [7, 11) is 0. The molecule has 0 bridgehead atoms. The maximum Gasteiger partial charge on any atom is 0.338 e. The maximum atomic E-state index is 13.4. The number of benzene rings is 1. The van der Waals surface area contributed by atoms with Gasteiger partial charge in [-0.25, -0.2) is 14.0 Å². The van der Waals surface area contributed by atoms with E-state index in [9.17, 15) is 14.0 Å². The first kappa shape index (κ1) is 16.4. The normalized spacial score (nSPS) is 17.8. The smallest absolute Gasteiger partial charge is 0.338 e. The van der Waals surface area contributed by atoms with Crippen molar-refractivity contribution in [2.75, 3.05) is 18.6 Å². The van der Waals surface area contributed by atoms with Crippen molar-refractivity contribution in [2.45, 2.75) is 13.0 Å². The van der Waals surface area contributed by atoms with Gasteiger partial charge in [0.25, 0.3) is 0 Å². The van der Waals surface area contributed by atoms with Crippen molar-refractivity contribution in [2.24, 2.45) is 0 Å². The summed E-state index contributed by atoms with van der Waals surface area (Å²) in [5.74, 6) is -0.269. The third-order valence-electron chi connectivity index (χ3n) is 3.19. The molecule has 1 aromatic rings. The van der Waals surface area contributed by atoms with Crippen LogP contribution in [0, 0.1) is 5.82 Å². The number of allylic oxidation sites excluding steroid dienone is 1. The summed E-state index contributed by atoms with van der Waals surface area (Å²) in [4.78, 5) is 23.9. The minimum Gasteiger partial charge on any atom is -0.461 e. The van der Waals surface area contributed by atoms with Crippen LogP contribution in [0.25, 0.3) is 0 Å². The summed E-state index contributed by atoms with van der Waals surface area (Å²) in [5.41, 5.74) is 1.18. The number of hydrogen-bond acceptors (Lipinski definition) is 4. The van der Waals surface area contributed by atoms with E-state index in [-0.39, 0.29) is 12.2 Å². The van der Waals surface area contributed by atoms with Gasteiger partial charge in [0.2, 0.25) is 0 Å². The molecule has 2 amide bonds. The molecule has 0 spiro atoms. The average Bonchev–Trinajstić information content (AvgIpc) is 2.46. The number of urea groups is 1. The van der Waals surface area contributed by atoms with Gasteiger partial charge in [0, 0.05) is 11.4 Å². The van der Waals surface area contributed by atoms with Crippen molar-refractivity contribution in [1.29, 1.82) is 0 Å². The zero-order valence-corrected chi connectivity index (χ0v) is 13.1. The van der Waals surface area contributed by atoms with Gasteiger partial charge in [0.05, 0.1) is 11.6 Å². The lowest BCUT2D eigenvalue weighted by Gasteiger charge is -2.28. The molecule has 0 aliphatic carbocycles. The summed E-state index contributed by atoms with van der Waals surface area (Å²) >= 11 is 1.56. The largest absolute Gasteiger partial charge is 0.461 e. The van der Waals surface area contributed by atoms with Crippen LogP contribution in [0.1, 0.15) is 18.5 Å². The van der Waals surface area contributed by atoms with Crippen molar-refractivity contribution in [3.05, 3.63) is 46.9 Å². The Labute approximate surface area is 132 Å². The first-order chi connectivity index (χ1) is 10.5. The van der Waals surface area contributed by atoms with Gasteiger partial charge in [0.1, 0.15) is 12.4 Å². The number of thioether (sulfide) groups is 1. The van der Waals surface area contributed by atoms with E-state index in [1.165, 1.54) is 18.2 Å². The molecular formula is C15H17FN2O3S. The molecule has 1 aliphatic heterocycles. The van der Waals surface area contributed by atoms with Crippen molar-refractivity contribution < 1.29 is 18.7 Å². The molecule has 1 heterocycles. The molecule has 0 aromatic heterocycles. The third-order valence-corrected chi connectivity index (χ3v) is 3.77. The summed E-state index contributed by atoms with van der Waals surface area (Å²) in [6.07, 6.45) is 1.91. The molecule has 1 unspecified atom stereocenters. The Morgan fingerprint density at radius 1 is 1.45 bits per heavy atom. The van der Waals surface area contributed by atoms with E-state index >= 15 is 0 Å². The van der Waals surface area contributed by atoms with Crippen LogP contribution in [0.5, 0.6) is 0 Å². The Hall–Kier alpha value is -2.02. The molecule has 0 saturated carbocycles. The van der Waals surface area contributed by atoms with Crippen LogP contribution < -0.4 is 10.6 Å². The lowest BCUT2D eigenvalue weighted by atomic mass is 9.95. The Balaban J connectivity index is 2.30. The second-order valence-corrected chi connectivity index (χ2v) is 5.74. The summed E-state index contributed by atoms with van der Waals surface area (Å²) in [6.45, 7) is 1.90. The zero-order chi connectivity index (χ0) is 16.1. The van der Waals surface area contributed by atoms with Gasteiger partial charge in [-0.15, -0.1) is 0 Å². The number of nitrogens with one attached hydrogen (secondary N) is 2. The topological polar surface area (TPSA) is 67.4 Å². The van der Waals surface area contributed by atoms with Gasteiger partial charge in [-0.1, -0.05) is 12.1 Å². The lowest BCUT2D eigenvalue weighted by molar-refractivity contribution is -0.138. The van der Waals surface area contributed by atoms with Gasteiger partial charge in [-0.3, -0.25) is 0 Å². The van der Waals surface area contributed by atoms with E-state index in [1.807, 2.05) is 6.26 Å². The summed E-state index contributed by atoms with van der Waals surface area (Å²) < 4.78 is 18.6. The van der Waals surface area contributed by atoms with Crippen molar-refractivity contribution in [3.63, 3.8) is 0 Å². The average molecular weight is 324 g/mol. The molecule has 1 aromatic carbocycles. The SMILES string of the molecule is CSCCOC(=O)C1=C(C)NC(=O)NC1c1cccc(F)c1. The number of carbonyl (C=O) groups is 2. The van der Waals surface area contributed by atoms with E-state index in [1.54, 1.807) is 24.8 Å². The zero-order valence-electron chi connectivity index (χ0n) is 12.3. The number of hydrogen-bond donors (Lipinski definition) is 2. The predicted octanol–water partition coefficient (Wildman–Crippen LogP) is 2.36. The Bertz CT molecular complexity index is 619. The van der Waals surface area contributed by atoms with Crippen molar-refractivity contribution >= 4 is 23.8 Å². The van der Waals surface area contributed by atoms with Crippen molar-refractivity contribution in [3.8, 4) is 0 Å². The van der Waals surface area contributed by atoms with Crippen LogP contribution in [0.4, 0.5) is 9.18 Å². The molecule has 0 fully saturated rings. The van der Waals surface area contributed by atoms with Gasteiger partial charge in [0.15, 0.2) is 0 Å². The minimum atomic E-state index is -0.730. The molecule has 7 heteroatoms. The standard InChI is InChI=1S/C15H17FN2O3S/c1-9-12(14(19)21-6-7-22-2)13(18-15(20)17-9)10-4-3-5-11(16)8-10/h3-5,8,13H,6-7H2,1-2H3,(H2,17,18,20). The van der Waals surface area contributed by atoms with Crippen molar-refractivity contribution in [1.82, 2.24) is 10.6 Å². The number of rotatable bonds is 5. The fourth-order valence-electron chi connectivity index (χ4n) is 2.20. The second-order valence-electron chi connectivity index (χ2n) is 4.75. The van der Waals surface area contributed by atoms with Crippen LogP contribution in [0.15, 0.2) is 35.5 Å².